The monoisotopic (exact) mass is 339 g/mol. The van der Waals surface area contributed by atoms with Crippen LogP contribution in [0.4, 0.5) is 17.1 Å². The number of nitrogens with zero attached hydrogens (tertiary/aromatic N) is 1. The maximum atomic E-state index is 12.3. The molecule has 0 saturated carbocycles. The smallest absolute Gasteiger partial charge is 0.226 e. The fourth-order valence-electron chi connectivity index (χ4n) is 2.86. The number of ether oxygens (including phenoxy) is 1. The van der Waals surface area contributed by atoms with Crippen LogP contribution in [0.1, 0.15) is 12.0 Å². The topological polar surface area (TPSA) is 53.6 Å². The zero-order chi connectivity index (χ0) is 17.5. The predicted molar refractivity (Wildman–Crippen MR) is 102 cm³/mol. The average Bonchev–Trinajstić information content (AvgIpc) is 2.64. The number of para-hydroxylation sites is 2. The largest absolute Gasteiger partial charge is 0.385 e. The highest BCUT2D eigenvalue weighted by Gasteiger charge is 2.15. The van der Waals surface area contributed by atoms with E-state index in [1.54, 1.807) is 0 Å². The number of hydrogen-bond acceptors (Lipinski definition) is 4. The molecule has 2 aromatic rings. The molecule has 2 N–H and O–H groups in total. The van der Waals surface area contributed by atoms with Crippen molar-refractivity contribution in [2.75, 3.05) is 48.4 Å². The minimum absolute atomic E-state index is 0.0142. The van der Waals surface area contributed by atoms with Crippen molar-refractivity contribution in [1.82, 2.24) is 0 Å². The lowest BCUT2D eigenvalue weighted by molar-refractivity contribution is -0.115. The molecule has 0 aromatic heterocycles. The van der Waals surface area contributed by atoms with Crippen molar-refractivity contribution < 1.29 is 9.53 Å². The number of carbonyl (C=O) groups is 1. The molecule has 1 aliphatic heterocycles. The Hall–Kier alpha value is -2.53. The average molecular weight is 339 g/mol. The van der Waals surface area contributed by atoms with Crippen LogP contribution in [0.15, 0.2) is 48.5 Å². The molecule has 1 fully saturated rings. The first-order valence-electron chi connectivity index (χ1n) is 8.74. The van der Waals surface area contributed by atoms with Crippen LogP contribution in [0.5, 0.6) is 0 Å². The summed E-state index contributed by atoms with van der Waals surface area (Å²) < 4.78 is 5.41. The normalized spacial score (nSPS) is 14.2. The Morgan fingerprint density at radius 3 is 2.56 bits per heavy atom. The van der Waals surface area contributed by atoms with Crippen molar-refractivity contribution in [3.63, 3.8) is 0 Å². The molecule has 132 valence electrons. The number of anilines is 3. The molecular weight excluding hydrogens is 314 g/mol. The van der Waals surface area contributed by atoms with Gasteiger partial charge >= 0.3 is 0 Å². The van der Waals surface area contributed by atoms with Gasteiger partial charge in [0.2, 0.25) is 5.91 Å². The molecule has 0 aliphatic carbocycles. The summed E-state index contributed by atoms with van der Waals surface area (Å²) in [7, 11) is 0. The molecule has 5 nitrogen and oxygen atoms in total. The van der Waals surface area contributed by atoms with E-state index in [9.17, 15) is 4.79 Å². The summed E-state index contributed by atoms with van der Waals surface area (Å²) in [5.74, 6) is 0.0142. The molecule has 0 radical (unpaired) electrons. The molecule has 0 atom stereocenters. The van der Waals surface area contributed by atoms with Crippen molar-refractivity contribution >= 4 is 23.0 Å². The van der Waals surface area contributed by atoms with Gasteiger partial charge < -0.3 is 20.3 Å². The molecule has 1 heterocycles. The van der Waals surface area contributed by atoms with Crippen LogP contribution in [-0.2, 0) is 9.53 Å². The van der Waals surface area contributed by atoms with Crippen molar-refractivity contribution in [3.05, 3.63) is 54.1 Å². The molecule has 5 heteroatoms. The van der Waals surface area contributed by atoms with E-state index in [-0.39, 0.29) is 5.91 Å². The third kappa shape index (κ3) is 4.97. The SMILES string of the molecule is Cc1ccc(NCCC(=O)Nc2ccccc2N2CCOCC2)cc1. The van der Waals surface area contributed by atoms with E-state index in [2.05, 4.69) is 34.6 Å². The van der Waals surface area contributed by atoms with Gasteiger partial charge in [-0.2, -0.15) is 0 Å². The van der Waals surface area contributed by atoms with Crippen LogP contribution in [0.3, 0.4) is 0 Å². The van der Waals surface area contributed by atoms with Gasteiger partial charge in [0, 0.05) is 31.7 Å². The third-order valence-corrected chi connectivity index (χ3v) is 4.26. The predicted octanol–water partition coefficient (Wildman–Crippen LogP) is 3.27. The molecule has 3 rings (SSSR count). The van der Waals surface area contributed by atoms with Gasteiger partial charge in [-0.15, -0.1) is 0 Å². The lowest BCUT2D eigenvalue weighted by Gasteiger charge is -2.30. The maximum absolute atomic E-state index is 12.3. The number of aryl methyl sites for hydroxylation is 1. The number of carbonyl (C=O) groups excluding carboxylic acids is 1. The number of benzene rings is 2. The third-order valence-electron chi connectivity index (χ3n) is 4.26. The molecule has 0 unspecified atom stereocenters. The Bertz CT molecular complexity index is 694. The summed E-state index contributed by atoms with van der Waals surface area (Å²) in [4.78, 5) is 14.6. The number of nitrogens with one attached hydrogen (secondary N) is 2. The molecule has 0 spiro atoms. The van der Waals surface area contributed by atoms with Crippen LogP contribution in [0.2, 0.25) is 0 Å². The summed E-state index contributed by atoms with van der Waals surface area (Å²) in [5.41, 5.74) is 4.19. The summed E-state index contributed by atoms with van der Waals surface area (Å²) in [6.07, 6.45) is 0.422. The summed E-state index contributed by atoms with van der Waals surface area (Å²) in [6.45, 7) is 5.81. The fraction of sp³-hybridized carbons (Fsp3) is 0.350. The highest BCUT2D eigenvalue weighted by molar-refractivity contribution is 5.94. The van der Waals surface area contributed by atoms with Crippen molar-refractivity contribution in [2.24, 2.45) is 0 Å². The van der Waals surface area contributed by atoms with E-state index in [4.69, 9.17) is 4.74 Å². The van der Waals surface area contributed by atoms with Crippen LogP contribution in [-0.4, -0.2) is 38.8 Å². The van der Waals surface area contributed by atoms with Crippen molar-refractivity contribution in [2.45, 2.75) is 13.3 Å². The Balaban J connectivity index is 1.53. The van der Waals surface area contributed by atoms with Crippen molar-refractivity contribution in [1.29, 1.82) is 0 Å². The van der Waals surface area contributed by atoms with E-state index >= 15 is 0 Å². The van der Waals surface area contributed by atoms with Gasteiger partial charge in [-0.1, -0.05) is 29.8 Å². The minimum atomic E-state index is 0.0142. The Kier molecular flexibility index (Phi) is 5.90. The number of amides is 1. The summed E-state index contributed by atoms with van der Waals surface area (Å²) in [5, 5.41) is 6.32. The minimum Gasteiger partial charge on any atom is -0.385 e. The fourth-order valence-corrected chi connectivity index (χ4v) is 2.86. The summed E-state index contributed by atoms with van der Waals surface area (Å²) in [6, 6.07) is 16.1. The molecule has 0 bridgehead atoms. The van der Waals surface area contributed by atoms with Gasteiger partial charge in [0.25, 0.3) is 0 Å². The second kappa shape index (κ2) is 8.53. The van der Waals surface area contributed by atoms with E-state index in [1.807, 2.05) is 36.4 Å². The van der Waals surface area contributed by atoms with Gasteiger partial charge in [0.15, 0.2) is 0 Å². The molecular formula is C20H25N3O2. The first kappa shape index (κ1) is 17.3. The number of rotatable bonds is 6. The Morgan fingerprint density at radius 1 is 1.08 bits per heavy atom. The molecule has 25 heavy (non-hydrogen) atoms. The van der Waals surface area contributed by atoms with Gasteiger partial charge in [-0.25, -0.2) is 0 Å². The van der Waals surface area contributed by atoms with Gasteiger partial charge in [0.05, 0.1) is 24.6 Å². The number of morpholine rings is 1. The van der Waals surface area contributed by atoms with E-state index in [1.165, 1.54) is 5.56 Å². The highest BCUT2D eigenvalue weighted by atomic mass is 16.5. The van der Waals surface area contributed by atoms with E-state index < -0.39 is 0 Å². The maximum Gasteiger partial charge on any atom is 0.226 e. The second-order valence-corrected chi connectivity index (χ2v) is 6.21. The lowest BCUT2D eigenvalue weighted by Crippen LogP contribution is -2.36. The van der Waals surface area contributed by atoms with Crippen LogP contribution in [0, 0.1) is 6.92 Å². The summed E-state index contributed by atoms with van der Waals surface area (Å²) >= 11 is 0. The van der Waals surface area contributed by atoms with Gasteiger partial charge in [-0.05, 0) is 31.2 Å². The first-order valence-corrected chi connectivity index (χ1v) is 8.74. The lowest BCUT2D eigenvalue weighted by atomic mass is 10.2. The van der Waals surface area contributed by atoms with Gasteiger partial charge in [-0.3, -0.25) is 4.79 Å². The van der Waals surface area contributed by atoms with E-state index in [0.29, 0.717) is 13.0 Å². The zero-order valence-electron chi connectivity index (χ0n) is 14.6. The Labute approximate surface area is 149 Å². The molecule has 2 aromatic carbocycles. The number of hydrogen-bond donors (Lipinski definition) is 2. The standard InChI is InChI=1S/C20H25N3O2/c1-16-6-8-17(9-7-16)21-11-10-20(24)22-18-4-2-3-5-19(18)23-12-14-25-15-13-23/h2-9,21H,10-15H2,1H3,(H,22,24). The van der Waals surface area contributed by atoms with Crippen LogP contribution < -0.4 is 15.5 Å². The molecule has 1 amide bonds. The van der Waals surface area contributed by atoms with Crippen molar-refractivity contribution in [3.8, 4) is 0 Å². The molecule has 1 aliphatic rings. The van der Waals surface area contributed by atoms with Crippen LogP contribution >= 0.6 is 0 Å². The zero-order valence-corrected chi connectivity index (χ0v) is 14.6. The molecule has 1 saturated heterocycles. The highest BCUT2D eigenvalue weighted by Crippen LogP contribution is 2.26. The van der Waals surface area contributed by atoms with Crippen LogP contribution in [0.25, 0.3) is 0 Å². The Morgan fingerprint density at radius 2 is 1.80 bits per heavy atom. The van der Waals surface area contributed by atoms with Gasteiger partial charge in [0.1, 0.15) is 0 Å². The quantitative estimate of drug-likeness (QED) is 0.848. The second-order valence-electron chi connectivity index (χ2n) is 6.21. The first-order chi connectivity index (χ1) is 12.2. The van der Waals surface area contributed by atoms with E-state index in [0.717, 1.165) is 43.4 Å².